The molecule has 20 heteroatoms. The highest BCUT2D eigenvalue weighted by Gasteiger charge is 2.45. The highest BCUT2D eigenvalue weighted by Crippen LogP contribution is 2.32. The first-order valence-electron chi connectivity index (χ1n) is 22.1. The average molecular weight is 902 g/mol. The molecule has 0 radical (unpaired) electrons. The second-order valence-electron chi connectivity index (χ2n) is 13.9. The van der Waals surface area contributed by atoms with Crippen LogP contribution in [-0.2, 0) is 71.2 Å². The highest BCUT2D eigenvalue weighted by atomic mass is 16.6. The minimum absolute atomic E-state index is 0.0639. The van der Waals surface area contributed by atoms with E-state index in [-0.39, 0.29) is 24.0 Å². The van der Waals surface area contributed by atoms with Crippen molar-refractivity contribution >= 4 is 29.3 Å². The Morgan fingerprint density at radius 3 is 1.24 bits per heavy atom. The first-order valence-corrected chi connectivity index (χ1v) is 22.1. The Kier molecular flexibility index (Phi) is 31.8. The fourth-order valence-corrected chi connectivity index (χ4v) is 5.91. The molecule has 63 heavy (non-hydrogen) atoms. The molecule has 2 N–H and O–H groups in total. The predicted octanol–water partition coefficient (Wildman–Crippen LogP) is 1.52. The van der Waals surface area contributed by atoms with Crippen LogP contribution in [0, 0.1) is 0 Å². The van der Waals surface area contributed by atoms with Crippen molar-refractivity contribution in [1.29, 1.82) is 0 Å². The number of amides is 4. The molecule has 0 bridgehead atoms. The van der Waals surface area contributed by atoms with E-state index in [4.69, 9.17) is 61.6 Å². The number of carbonyl (C=O) groups is 4. The summed E-state index contributed by atoms with van der Waals surface area (Å²) in [6, 6.07) is 3.90. The Bertz CT molecular complexity index is 1380. The summed E-state index contributed by atoms with van der Waals surface area (Å²) in [5, 5.41) is 5.33. The number of nitrogens with one attached hydrogen (secondary N) is 2. The first kappa shape index (κ1) is 54.1. The fraction of sp³-hybridized carbons (Fsp3) is 0.767. The maximum absolute atomic E-state index is 13.2. The zero-order valence-electron chi connectivity index (χ0n) is 37.1. The van der Waals surface area contributed by atoms with Gasteiger partial charge < -0.3 is 66.9 Å². The molecule has 1 aromatic rings. The minimum atomic E-state index is -1.01. The van der Waals surface area contributed by atoms with Crippen LogP contribution >= 0.6 is 0 Å². The standard InChI is InChI=1S/C43H71N3O17/c1-2-3-10-51-12-14-53-16-18-55-20-22-57-24-26-59-28-30-61-32-34-63-35-33-62-31-29-60-27-25-58-23-21-56-19-17-54-15-13-52-11-9-44-37-6-4-5-36-40(37)43(50)46(42(36)49)38-7-8-39(47)45-41(38)48/h4-6,38,44H,2-3,7-35H2,1H3,(H,45,47,48). The Morgan fingerprint density at radius 1 is 0.508 bits per heavy atom. The average Bonchev–Trinajstić information content (AvgIpc) is 3.54. The third kappa shape index (κ3) is 24.6. The smallest absolute Gasteiger partial charge is 0.264 e. The predicted molar refractivity (Wildman–Crippen MR) is 227 cm³/mol. The molecular weight excluding hydrogens is 830 g/mol. The number of ether oxygens (including phenoxy) is 13. The molecule has 1 saturated heterocycles. The van der Waals surface area contributed by atoms with E-state index in [9.17, 15) is 19.2 Å². The number of benzene rings is 1. The summed E-state index contributed by atoms with van der Waals surface area (Å²) < 4.78 is 71.5. The fourth-order valence-electron chi connectivity index (χ4n) is 5.91. The van der Waals surface area contributed by atoms with Gasteiger partial charge in [0.1, 0.15) is 6.04 Å². The van der Waals surface area contributed by atoms with Crippen LogP contribution in [-0.4, -0.2) is 213 Å². The van der Waals surface area contributed by atoms with E-state index in [0.717, 1.165) is 24.3 Å². The van der Waals surface area contributed by atoms with E-state index in [2.05, 4.69) is 17.6 Å². The van der Waals surface area contributed by atoms with Gasteiger partial charge in [-0.1, -0.05) is 19.4 Å². The zero-order valence-corrected chi connectivity index (χ0v) is 37.1. The lowest BCUT2D eigenvalue weighted by Gasteiger charge is -2.27. The van der Waals surface area contributed by atoms with Crippen LogP contribution in [0.15, 0.2) is 18.2 Å². The summed E-state index contributed by atoms with van der Waals surface area (Å²) >= 11 is 0. The van der Waals surface area contributed by atoms with E-state index in [0.29, 0.717) is 177 Å². The molecule has 2 aliphatic heterocycles. The van der Waals surface area contributed by atoms with Gasteiger partial charge in [-0.25, -0.2) is 0 Å². The molecule has 20 nitrogen and oxygen atoms in total. The van der Waals surface area contributed by atoms with Crippen LogP contribution < -0.4 is 10.6 Å². The number of hydrogen-bond acceptors (Lipinski definition) is 18. The number of anilines is 1. The van der Waals surface area contributed by atoms with Crippen LogP contribution in [0.4, 0.5) is 5.69 Å². The van der Waals surface area contributed by atoms with Gasteiger partial charge in [0, 0.05) is 25.3 Å². The summed E-state index contributed by atoms with van der Waals surface area (Å²) in [6.45, 7) is 15.3. The van der Waals surface area contributed by atoms with Gasteiger partial charge in [0.15, 0.2) is 0 Å². The van der Waals surface area contributed by atoms with E-state index in [1.807, 2.05) is 0 Å². The Labute approximate surface area is 371 Å². The molecule has 1 unspecified atom stereocenters. The molecule has 3 rings (SSSR count). The summed E-state index contributed by atoms with van der Waals surface area (Å²) in [5.74, 6) is -2.17. The van der Waals surface area contributed by atoms with Gasteiger partial charge in [0.25, 0.3) is 11.8 Å². The van der Waals surface area contributed by atoms with Gasteiger partial charge in [-0.2, -0.15) is 0 Å². The van der Waals surface area contributed by atoms with Crippen molar-refractivity contribution < 1.29 is 80.8 Å². The molecule has 2 aliphatic rings. The molecular formula is C43H71N3O17. The van der Waals surface area contributed by atoms with Crippen molar-refractivity contribution in [1.82, 2.24) is 10.2 Å². The SMILES string of the molecule is CCCCOCCOCCOCCOCCOCCOCCOCCOCCOCCOCCOCCOCCOCCNc1cccc2c1C(=O)N(C1CCC(=O)NC1=O)C2=O. The molecule has 1 aromatic carbocycles. The molecule has 2 heterocycles. The molecule has 0 aliphatic carbocycles. The molecule has 360 valence electrons. The van der Waals surface area contributed by atoms with Crippen molar-refractivity contribution in [2.45, 2.75) is 38.6 Å². The number of carbonyl (C=O) groups excluding carboxylic acids is 4. The van der Waals surface area contributed by atoms with E-state index in [1.54, 1.807) is 18.2 Å². The van der Waals surface area contributed by atoms with Crippen LogP contribution in [0.25, 0.3) is 0 Å². The van der Waals surface area contributed by atoms with Gasteiger partial charge >= 0.3 is 0 Å². The topological polar surface area (TPSA) is 216 Å². The van der Waals surface area contributed by atoms with Crippen LogP contribution in [0.2, 0.25) is 0 Å². The van der Waals surface area contributed by atoms with E-state index in [1.165, 1.54) is 0 Å². The van der Waals surface area contributed by atoms with Crippen molar-refractivity contribution in [2.24, 2.45) is 0 Å². The Morgan fingerprint density at radius 2 is 0.873 bits per heavy atom. The molecule has 0 saturated carbocycles. The Hall–Kier alpha value is -3.22. The van der Waals surface area contributed by atoms with Crippen LogP contribution in [0.1, 0.15) is 53.3 Å². The number of nitrogens with zero attached hydrogens (tertiary/aromatic N) is 1. The number of hydrogen-bond donors (Lipinski definition) is 2. The summed E-state index contributed by atoms with van der Waals surface area (Å²) in [6.07, 6.45) is 2.39. The first-order chi connectivity index (χ1) is 31.0. The number of rotatable bonds is 44. The maximum atomic E-state index is 13.2. The molecule has 1 fully saturated rings. The van der Waals surface area contributed by atoms with Gasteiger partial charge in [-0.15, -0.1) is 0 Å². The van der Waals surface area contributed by atoms with Gasteiger partial charge in [0.2, 0.25) is 11.8 Å². The van der Waals surface area contributed by atoms with Crippen molar-refractivity contribution in [2.75, 3.05) is 184 Å². The van der Waals surface area contributed by atoms with Gasteiger partial charge in [-0.3, -0.25) is 29.4 Å². The number of piperidine rings is 1. The summed E-state index contributed by atoms with van der Waals surface area (Å²) in [7, 11) is 0. The molecule has 0 spiro atoms. The normalized spacial score (nSPS) is 15.1. The van der Waals surface area contributed by atoms with E-state index < -0.39 is 29.7 Å². The Balaban J connectivity index is 0.958. The lowest BCUT2D eigenvalue weighted by molar-refractivity contribution is -0.136. The monoisotopic (exact) mass is 901 g/mol. The molecule has 1 atom stereocenters. The number of fused-ring (bicyclic) bond motifs is 1. The summed E-state index contributed by atoms with van der Waals surface area (Å²) in [5.41, 5.74) is 0.903. The number of unbranched alkanes of at least 4 members (excludes halogenated alkanes) is 1. The maximum Gasteiger partial charge on any atom is 0.264 e. The largest absolute Gasteiger partial charge is 0.382 e. The molecule has 0 aromatic heterocycles. The third-order valence-electron chi connectivity index (χ3n) is 9.14. The zero-order chi connectivity index (χ0) is 44.8. The van der Waals surface area contributed by atoms with Gasteiger partial charge in [-0.05, 0) is 25.0 Å². The van der Waals surface area contributed by atoms with Crippen molar-refractivity contribution in [3.63, 3.8) is 0 Å². The second-order valence-corrected chi connectivity index (χ2v) is 13.9. The lowest BCUT2D eigenvalue weighted by atomic mass is 10.0. The quantitative estimate of drug-likeness (QED) is 0.0701. The van der Waals surface area contributed by atoms with E-state index >= 15 is 0 Å². The molecule has 4 amide bonds. The lowest BCUT2D eigenvalue weighted by Crippen LogP contribution is -2.54. The minimum Gasteiger partial charge on any atom is -0.382 e. The van der Waals surface area contributed by atoms with Gasteiger partial charge in [0.05, 0.1) is 176 Å². The van der Waals surface area contributed by atoms with Crippen LogP contribution in [0.5, 0.6) is 0 Å². The van der Waals surface area contributed by atoms with Crippen molar-refractivity contribution in [3.05, 3.63) is 29.3 Å². The second kappa shape index (κ2) is 37.0. The number of imide groups is 2. The third-order valence-corrected chi connectivity index (χ3v) is 9.14. The van der Waals surface area contributed by atoms with Crippen LogP contribution in [0.3, 0.4) is 0 Å². The van der Waals surface area contributed by atoms with Crippen molar-refractivity contribution in [3.8, 4) is 0 Å². The highest BCUT2D eigenvalue weighted by molar-refractivity contribution is 6.25. The summed E-state index contributed by atoms with van der Waals surface area (Å²) in [4.78, 5) is 50.9.